The molecule has 0 saturated heterocycles. The zero-order chi connectivity index (χ0) is 11.6. The molecule has 1 aliphatic rings. The van der Waals surface area contributed by atoms with E-state index in [0.717, 1.165) is 11.6 Å². The maximum atomic E-state index is 5.88. The molecule has 94 valence electrons. The predicted octanol–water partition coefficient (Wildman–Crippen LogP) is 2.52. The van der Waals surface area contributed by atoms with Crippen molar-refractivity contribution in [2.45, 2.75) is 18.3 Å². The number of nitrogens with one attached hydrogen (secondary N) is 1. The highest BCUT2D eigenvalue weighted by molar-refractivity contribution is 14.0. The zero-order valence-electron chi connectivity index (χ0n) is 9.74. The van der Waals surface area contributed by atoms with Crippen LogP contribution in [0.4, 0.5) is 0 Å². The minimum absolute atomic E-state index is 0. The first-order valence-electron chi connectivity index (χ1n) is 5.38. The summed E-state index contributed by atoms with van der Waals surface area (Å²) in [7, 11) is 1.68. The molecule has 0 radical (unpaired) electrons. The number of hydrogen-bond donors (Lipinski definition) is 2. The van der Waals surface area contributed by atoms with E-state index in [2.05, 4.69) is 22.4 Å². The molecule has 0 spiro atoms. The molecule has 0 atom stereocenters. The van der Waals surface area contributed by atoms with Crippen LogP contribution >= 0.6 is 35.6 Å². The first-order chi connectivity index (χ1) is 7.66. The van der Waals surface area contributed by atoms with E-state index in [4.69, 9.17) is 17.3 Å². The average Bonchev–Trinajstić information content (AvgIpc) is 3.08. The maximum Gasteiger partial charge on any atom is 0.188 e. The molecule has 3 N–H and O–H groups in total. The lowest BCUT2D eigenvalue weighted by molar-refractivity contribution is 0.656. The van der Waals surface area contributed by atoms with Crippen LogP contribution in [-0.2, 0) is 5.41 Å². The fourth-order valence-electron chi connectivity index (χ4n) is 1.86. The van der Waals surface area contributed by atoms with Crippen molar-refractivity contribution in [3.63, 3.8) is 0 Å². The van der Waals surface area contributed by atoms with Gasteiger partial charge in [-0.05, 0) is 30.5 Å². The number of nitrogens with two attached hydrogens (primary N) is 1. The second-order valence-corrected chi connectivity index (χ2v) is 4.69. The summed E-state index contributed by atoms with van der Waals surface area (Å²) in [4.78, 5) is 3.89. The van der Waals surface area contributed by atoms with Gasteiger partial charge in [0, 0.05) is 24.0 Å². The highest BCUT2D eigenvalue weighted by Crippen LogP contribution is 2.47. The molecule has 0 aliphatic heterocycles. The van der Waals surface area contributed by atoms with Gasteiger partial charge in [-0.25, -0.2) is 0 Å². The molecule has 1 saturated carbocycles. The van der Waals surface area contributed by atoms with E-state index in [9.17, 15) is 0 Å². The van der Waals surface area contributed by atoms with Gasteiger partial charge in [-0.3, -0.25) is 4.99 Å². The monoisotopic (exact) mass is 365 g/mol. The molecule has 0 unspecified atom stereocenters. The lowest BCUT2D eigenvalue weighted by Gasteiger charge is -2.16. The van der Waals surface area contributed by atoms with Crippen molar-refractivity contribution in [3.05, 3.63) is 34.9 Å². The summed E-state index contributed by atoms with van der Waals surface area (Å²) in [5, 5.41) is 3.92. The standard InChI is InChI=1S/C12H16ClN3.HI/c1-15-11(14)16-8-12(6-7-12)9-2-4-10(13)5-3-9;/h2-5H,6-8H2,1H3,(H3,14,15,16);1H. The molecule has 17 heavy (non-hydrogen) atoms. The Morgan fingerprint density at radius 1 is 1.41 bits per heavy atom. The van der Waals surface area contributed by atoms with Gasteiger partial charge in [0.15, 0.2) is 5.96 Å². The molecular formula is C12H17ClIN3. The molecule has 1 aliphatic carbocycles. The van der Waals surface area contributed by atoms with Crippen LogP contribution < -0.4 is 11.1 Å². The molecule has 5 heteroatoms. The van der Waals surface area contributed by atoms with E-state index in [0.29, 0.717) is 5.96 Å². The van der Waals surface area contributed by atoms with Gasteiger partial charge in [0.1, 0.15) is 0 Å². The van der Waals surface area contributed by atoms with E-state index in [-0.39, 0.29) is 29.4 Å². The van der Waals surface area contributed by atoms with Gasteiger partial charge in [0.05, 0.1) is 0 Å². The Balaban J connectivity index is 0.00000144. The SMILES string of the molecule is CN=C(N)NCC1(c2ccc(Cl)cc2)CC1.I. The van der Waals surface area contributed by atoms with Crippen molar-refractivity contribution >= 4 is 41.5 Å². The summed E-state index contributed by atoms with van der Waals surface area (Å²) in [6.07, 6.45) is 2.39. The molecule has 0 amide bonds. The summed E-state index contributed by atoms with van der Waals surface area (Å²) < 4.78 is 0. The average molecular weight is 366 g/mol. The highest BCUT2D eigenvalue weighted by Gasteiger charge is 2.43. The first kappa shape index (κ1) is 14.6. The van der Waals surface area contributed by atoms with Crippen molar-refractivity contribution in [1.82, 2.24) is 5.32 Å². The summed E-state index contributed by atoms with van der Waals surface area (Å²) in [6, 6.07) is 8.06. The Bertz CT molecular complexity index is 399. The summed E-state index contributed by atoms with van der Waals surface area (Å²) in [5.74, 6) is 0.500. The summed E-state index contributed by atoms with van der Waals surface area (Å²) >= 11 is 5.88. The lowest BCUT2D eigenvalue weighted by Crippen LogP contribution is -2.37. The molecule has 0 bridgehead atoms. The maximum absolute atomic E-state index is 5.88. The van der Waals surface area contributed by atoms with Crippen molar-refractivity contribution < 1.29 is 0 Å². The number of hydrogen-bond acceptors (Lipinski definition) is 1. The minimum Gasteiger partial charge on any atom is -0.370 e. The largest absolute Gasteiger partial charge is 0.370 e. The van der Waals surface area contributed by atoms with Gasteiger partial charge < -0.3 is 11.1 Å². The van der Waals surface area contributed by atoms with Crippen molar-refractivity contribution in [2.75, 3.05) is 13.6 Å². The third-order valence-corrected chi connectivity index (χ3v) is 3.41. The van der Waals surface area contributed by atoms with Crippen LogP contribution in [0.5, 0.6) is 0 Å². The summed E-state index contributed by atoms with van der Waals surface area (Å²) in [6.45, 7) is 0.845. The number of guanidine groups is 1. The van der Waals surface area contributed by atoms with Crippen LogP contribution in [-0.4, -0.2) is 19.6 Å². The van der Waals surface area contributed by atoms with Crippen LogP contribution in [0.25, 0.3) is 0 Å². The molecule has 1 fully saturated rings. The van der Waals surface area contributed by atoms with Gasteiger partial charge in [-0.1, -0.05) is 23.7 Å². The van der Waals surface area contributed by atoms with Crippen LogP contribution in [0.2, 0.25) is 5.02 Å². The fourth-order valence-corrected chi connectivity index (χ4v) is 1.99. The van der Waals surface area contributed by atoms with Crippen molar-refractivity contribution in [1.29, 1.82) is 0 Å². The Morgan fingerprint density at radius 2 is 2.00 bits per heavy atom. The van der Waals surface area contributed by atoms with E-state index in [1.165, 1.54) is 18.4 Å². The number of rotatable bonds is 3. The quantitative estimate of drug-likeness (QED) is 0.491. The molecule has 0 heterocycles. The van der Waals surface area contributed by atoms with Crippen LogP contribution in [0.3, 0.4) is 0 Å². The van der Waals surface area contributed by atoms with Crippen LogP contribution in [0.1, 0.15) is 18.4 Å². The van der Waals surface area contributed by atoms with Gasteiger partial charge >= 0.3 is 0 Å². The van der Waals surface area contributed by atoms with Gasteiger partial charge in [0.25, 0.3) is 0 Å². The molecule has 0 aromatic heterocycles. The van der Waals surface area contributed by atoms with E-state index >= 15 is 0 Å². The normalized spacial score (nSPS) is 17.2. The molecule has 2 rings (SSSR count). The zero-order valence-corrected chi connectivity index (χ0v) is 12.8. The number of halogens is 2. The number of aliphatic imine (C=N–C) groups is 1. The second kappa shape index (κ2) is 5.91. The second-order valence-electron chi connectivity index (χ2n) is 4.25. The van der Waals surface area contributed by atoms with Crippen LogP contribution in [0.15, 0.2) is 29.3 Å². The van der Waals surface area contributed by atoms with Crippen LogP contribution in [0, 0.1) is 0 Å². The predicted molar refractivity (Wildman–Crippen MR) is 83.3 cm³/mol. The fraction of sp³-hybridized carbons (Fsp3) is 0.417. The molecule has 1 aromatic carbocycles. The van der Waals surface area contributed by atoms with E-state index in [1.54, 1.807) is 7.05 Å². The highest BCUT2D eigenvalue weighted by atomic mass is 127. The number of benzene rings is 1. The van der Waals surface area contributed by atoms with Crippen molar-refractivity contribution in [2.24, 2.45) is 10.7 Å². The topological polar surface area (TPSA) is 50.4 Å². The molecule has 1 aromatic rings. The Morgan fingerprint density at radius 3 is 2.47 bits per heavy atom. The lowest BCUT2D eigenvalue weighted by atomic mass is 9.96. The summed E-state index contributed by atoms with van der Waals surface area (Å²) in [5.41, 5.74) is 7.19. The Kier molecular flexibility index (Phi) is 5.06. The van der Waals surface area contributed by atoms with E-state index < -0.39 is 0 Å². The van der Waals surface area contributed by atoms with Gasteiger partial charge in [-0.2, -0.15) is 0 Å². The van der Waals surface area contributed by atoms with Gasteiger partial charge in [0.2, 0.25) is 0 Å². The molecule has 3 nitrogen and oxygen atoms in total. The molecular weight excluding hydrogens is 349 g/mol. The van der Waals surface area contributed by atoms with Gasteiger partial charge in [-0.15, -0.1) is 24.0 Å². The Labute approximate surface area is 124 Å². The smallest absolute Gasteiger partial charge is 0.188 e. The van der Waals surface area contributed by atoms with Crippen molar-refractivity contribution in [3.8, 4) is 0 Å². The number of nitrogens with zero attached hydrogens (tertiary/aromatic N) is 1. The minimum atomic E-state index is 0. The third-order valence-electron chi connectivity index (χ3n) is 3.16. The first-order valence-corrected chi connectivity index (χ1v) is 5.76. The third kappa shape index (κ3) is 3.48. The van der Waals surface area contributed by atoms with E-state index in [1.807, 2.05) is 12.1 Å². The Hall–Kier alpha value is -0.490.